The lowest BCUT2D eigenvalue weighted by atomic mass is 9.81. The van der Waals surface area contributed by atoms with Crippen LogP contribution in [0.2, 0.25) is 0 Å². The maximum absolute atomic E-state index is 2.88. The second-order valence-corrected chi connectivity index (χ2v) is 21.2. The zero-order valence-electron chi connectivity index (χ0n) is 33.9. The Morgan fingerprint density at radius 3 is 1.72 bits per heavy atom. The fourth-order valence-corrected chi connectivity index (χ4v) is 17.0. The van der Waals surface area contributed by atoms with Crippen molar-refractivity contribution in [3.63, 3.8) is 0 Å². The van der Waals surface area contributed by atoms with E-state index in [-0.39, 0.29) is 11.0 Å². The summed E-state index contributed by atoms with van der Waals surface area (Å²) in [5.41, 5.74) is 14.5. The largest absolute Gasteiger partial charge is 0.313 e. The molecule has 0 fully saturated rings. The summed E-state index contributed by atoms with van der Waals surface area (Å²) in [6.45, 7) is 4.81. The summed E-state index contributed by atoms with van der Waals surface area (Å²) in [6, 6.07) is 75.6. The molecule has 0 saturated carbocycles. The highest BCUT2D eigenvalue weighted by molar-refractivity contribution is 7.12. The van der Waals surface area contributed by atoms with Gasteiger partial charge < -0.3 is 9.13 Å². The predicted octanol–water partition coefficient (Wildman–Crippen LogP) is 12.2. The van der Waals surface area contributed by atoms with Gasteiger partial charge in [0, 0.05) is 49.7 Å². The molecule has 3 heteroatoms. The molecule has 8 aromatic carbocycles. The lowest BCUT2D eigenvalue weighted by molar-refractivity contribution is 0.664. The van der Waals surface area contributed by atoms with Crippen LogP contribution in [0.4, 0.5) is 0 Å². The number of para-hydroxylation sites is 3. The van der Waals surface area contributed by atoms with E-state index in [0.717, 1.165) is 6.42 Å². The molecule has 2 aliphatic rings. The summed E-state index contributed by atoms with van der Waals surface area (Å²) in [4.78, 5) is 0. The standard InChI is InChI=1S/C57H44N2Si/c1-57(2)50-29-15-12-25-44(50)47-37-38-49-46-27-14-17-31-52(46)59(56(49)54(47)57)40-33-35-43(36-34-40)60(41-21-8-4-9-22-41,42-23-10-5-11-24-42)53-32-18-28-48-45-26-13-16-30-51(45)58(55(48)53)39-19-6-3-7-20-39/h3-31,33-38,53H,32H2,1-2H3. The molecule has 0 radical (unpaired) electrons. The van der Waals surface area contributed by atoms with Gasteiger partial charge in [0.2, 0.25) is 0 Å². The van der Waals surface area contributed by atoms with Gasteiger partial charge in [-0.3, -0.25) is 0 Å². The Bertz CT molecular complexity index is 3260. The van der Waals surface area contributed by atoms with Crippen molar-refractivity contribution in [2.45, 2.75) is 31.2 Å². The molecule has 60 heavy (non-hydrogen) atoms. The Labute approximate surface area is 352 Å². The molecule has 0 N–H and O–H groups in total. The van der Waals surface area contributed by atoms with Crippen LogP contribution in [-0.4, -0.2) is 17.2 Å². The van der Waals surface area contributed by atoms with Crippen LogP contribution in [-0.2, 0) is 5.41 Å². The third-order valence-electron chi connectivity index (χ3n) is 13.9. The van der Waals surface area contributed by atoms with E-state index in [1.807, 2.05) is 0 Å². The summed E-state index contributed by atoms with van der Waals surface area (Å²) in [7, 11) is -2.88. The van der Waals surface area contributed by atoms with Crippen molar-refractivity contribution < 1.29 is 0 Å². The van der Waals surface area contributed by atoms with E-state index in [1.165, 1.54) is 93.2 Å². The quantitative estimate of drug-likeness (QED) is 0.117. The number of rotatable bonds is 6. The van der Waals surface area contributed by atoms with Gasteiger partial charge in [-0.15, -0.1) is 0 Å². The SMILES string of the molecule is CC1(C)c2ccccc2-c2ccc3c4ccccc4n(-c4ccc([Si](c5ccccc5)(c5ccccc5)C5CC=Cc6c5n(-c5ccccc5)c5ccccc65)cc4)c3c21. The number of benzene rings is 8. The van der Waals surface area contributed by atoms with Gasteiger partial charge in [-0.2, -0.15) is 0 Å². The maximum atomic E-state index is 2.58. The van der Waals surface area contributed by atoms with E-state index in [2.05, 4.69) is 235 Å². The van der Waals surface area contributed by atoms with Crippen LogP contribution in [0.3, 0.4) is 0 Å². The highest BCUT2D eigenvalue weighted by Crippen LogP contribution is 2.53. The van der Waals surface area contributed by atoms with Crippen molar-refractivity contribution in [1.82, 2.24) is 9.13 Å². The van der Waals surface area contributed by atoms with Gasteiger partial charge in [-0.05, 0) is 80.6 Å². The summed E-state index contributed by atoms with van der Waals surface area (Å²) < 4.78 is 5.14. The molecule has 2 heterocycles. The average Bonchev–Trinajstić information content (AvgIpc) is 3.91. The summed E-state index contributed by atoms with van der Waals surface area (Å²) >= 11 is 0. The Morgan fingerprint density at radius 2 is 1.02 bits per heavy atom. The third-order valence-corrected chi connectivity index (χ3v) is 19.2. The van der Waals surface area contributed by atoms with E-state index in [9.17, 15) is 0 Å². The predicted molar refractivity (Wildman–Crippen MR) is 256 cm³/mol. The van der Waals surface area contributed by atoms with Crippen LogP contribution >= 0.6 is 0 Å². The molecule has 2 aliphatic carbocycles. The first-order valence-electron chi connectivity index (χ1n) is 21.3. The second kappa shape index (κ2) is 13.3. The minimum atomic E-state index is -2.88. The van der Waals surface area contributed by atoms with Crippen LogP contribution in [0.5, 0.6) is 0 Å². The topological polar surface area (TPSA) is 9.86 Å². The molecular weight excluding hydrogens is 741 g/mol. The zero-order valence-corrected chi connectivity index (χ0v) is 34.9. The summed E-state index contributed by atoms with van der Waals surface area (Å²) in [5, 5.41) is 8.17. The third kappa shape index (κ3) is 4.81. The monoisotopic (exact) mass is 784 g/mol. The van der Waals surface area contributed by atoms with Gasteiger partial charge in [-0.1, -0.05) is 190 Å². The number of hydrogen-bond acceptors (Lipinski definition) is 0. The number of fused-ring (bicyclic) bond motifs is 10. The van der Waals surface area contributed by atoms with Crippen molar-refractivity contribution in [3.8, 4) is 22.5 Å². The van der Waals surface area contributed by atoms with Crippen LogP contribution in [0, 0.1) is 0 Å². The van der Waals surface area contributed by atoms with E-state index in [1.54, 1.807) is 0 Å². The molecule has 286 valence electrons. The van der Waals surface area contributed by atoms with Crippen molar-refractivity contribution in [1.29, 1.82) is 0 Å². The molecule has 2 nitrogen and oxygen atoms in total. The number of hydrogen-bond donors (Lipinski definition) is 0. The van der Waals surface area contributed by atoms with Gasteiger partial charge in [0.15, 0.2) is 8.07 Å². The number of aromatic nitrogens is 2. The molecule has 0 saturated heterocycles. The fraction of sp³-hybridized carbons (Fsp3) is 0.0877. The van der Waals surface area contributed by atoms with E-state index in [0.29, 0.717) is 0 Å². The molecule has 1 unspecified atom stereocenters. The average molecular weight is 785 g/mol. The molecule has 12 rings (SSSR count). The first kappa shape index (κ1) is 35.0. The van der Waals surface area contributed by atoms with E-state index >= 15 is 0 Å². The van der Waals surface area contributed by atoms with Crippen molar-refractivity contribution in [2.24, 2.45) is 0 Å². The Morgan fingerprint density at radius 1 is 0.467 bits per heavy atom. The van der Waals surface area contributed by atoms with Crippen LogP contribution in [0.25, 0.3) is 61.3 Å². The maximum Gasteiger partial charge on any atom is 0.157 e. The lowest BCUT2D eigenvalue weighted by Crippen LogP contribution is -2.71. The van der Waals surface area contributed by atoms with E-state index < -0.39 is 8.07 Å². The Hall–Kier alpha value is -6.94. The molecule has 0 bridgehead atoms. The molecule has 0 aliphatic heterocycles. The molecule has 2 aromatic heterocycles. The second-order valence-electron chi connectivity index (χ2n) is 17.2. The minimum Gasteiger partial charge on any atom is -0.313 e. The summed E-state index contributed by atoms with van der Waals surface area (Å²) in [6.07, 6.45) is 5.80. The minimum absolute atomic E-state index is 0.149. The number of allylic oxidation sites excluding steroid dienone is 1. The van der Waals surface area contributed by atoms with Crippen molar-refractivity contribution in [3.05, 3.63) is 229 Å². The van der Waals surface area contributed by atoms with Crippen molar-refractivity contribution >= 4 is 62.4 Å². The first-order valence-corrected chi connectivity index (χ1v) is 23.4. The molecular formula is C57H44N2Si. The Balaban J connectivity index is 1.14. The van der Waals surface area contributed by atoms with Crippen LogP contribution < -0.4 is 15.6 Å². The molecule has 10 aromatic rings. The van der Waals surface area contributed by atoms with Gasteiger partial charge in [0.05, 0.1) is 16.6 Å². The fourth-order valence-electron chi connectivity index (χ4n) is 11.4. The molecule has 0 amide bonds. The summed E-state index contributed by atoms with van der Waals surface area (Å²) in [5.74, 6) is 0. The van der Waals surface area contributed by atoms with Crippen LogP contribution in [0.15, 0.2) is 206 Å². The molecule has 0 spiro atoms. The van der Waals surface area contributed by atoms with Gasteiger partial charge in [0.1, 0.15) is 0 Å². The molecule has 1 atom stereocenters. The van der Waals surface area contributed by atoms with Gasteiger partial charge in [0.25, 0.3) is 0 Å². The normalized spacial score (nSPS) is 15.3. The van der Waals surface area contributed by atoms with Gasteiger partial charge >= 0.3 is 0 Å². The van der Waals surface area contributed by atoms with Crippen molar-refractivity contribution in [2.75, 3.05) is 0 Å². The van der Waals surface area contributed by atoms with Crippen LogP contribution in [0.1, 0.15) is 48.2 Å². The lowest BCUT2D eigenvalue weighted by Gasteiger charge is -2.42. The number of nitrogens with zero attached hydrogens (tertiary/aromatic N) is 2. The highest BCUT2D eigenvalue weighted by atomic mass is 28.3. The smallest absolute Gasteiger partial charge is 0.157 e. The highest BCUT2D eigenvalue weighted by Gasteiger charge is 2.49. The first-order chi connectivity index (χ1) is 29.6. The Kier molecular flexibility index (Phi) is 7.76. The zero-order chi connectivity index (χ0) is 40.0. The van der Waals surface area contributed by atoms with E-state index in [4.69, 9.17) is 0 Å². The van der Waals surface area contributed by atoms with Gasteiger partial charge in [-0.25, -0.2) is 0 Å².